The Labute approximate surface area is 101 Å². The summed E-state index contributed by atoms with van der Waals surface area (Å²) in [4.78, 5) is 8.14. The first kappa shape index (κ1) is 10.1. The van der Waals surface area contributed by atoms with E-state index in [1.54, 1.807) is 11.6 Å². The lowest BCUT2D eigenvalue weighted by atomic mass is 10.4. The summed E-state index contributed by atoms with van der Waals surface area (Å²) in [6.45, 7) is 0. The van der Waals surface area contributed by atoms with Crippen LogP contribution in [0.25, 0.3) is 10.7 Å². The number of thiazole rings is 1. The highest BCUT2D eigenvalue weighted by Crippen LogP contribution is 2.31. The first-order valence-corrected chi connectivity index (χ1v) is 6.09. The Bertz CT molecular complexity index is 472. The molecule has 72 valence electrons. The molecule has 0 atom stereocenters. The average molecular weight is 336 g/mol. The summed E-state index contributed by atoms with van der Waals surface area (Å²) in [5.74, 6) is 0.0293. The molecule has 2 aromatic rings. The van der Waals surface area contributed by atoms with E-state index in [1.165, 1.54) is 11.3 Å². The lowest BCUT2D eigenvalue weighted by Crippen LogP contribution is -1.83. The van der Waals surface area contributed by atoms with E-state index in [9.17, 15) is 0 Å². The number of aromatic nitrogens is 2. The predicted molar refractivity (Wildman–Crippen MR) is 62.4 cm³/mol. The van der Waals surface area contributed by atoms with Crippen molar-refractivity contribution < 1.29 is 5.11 Å². The van der Waals surface area contributed by atoms with Crippen molar-refractivity contribution in [3.8, 4) is 16.6 Å². The van der Waals surface area contributed by atoms with Gasteiger partial charge in [0.25, 0.3) is 0 Å². The highest BCUT2D eigenvalue weighted by molar-refractivity contribution is 9.11. The second-order valence-electron chi connectivity index (χ2n) is 2.49. The number of aromatic hydroxyl groups is 1. The molecule has 0 saturated carbocycles. The molecule has 0 aliphatic heterocycles. The Hall–Kier alpha value is -0.460. The Morgan fingerprint density at radius 2 is 2.14 bits per heavy atom. The third-order valence-electron chi connectivity index (χ3n) is 1.50. The molecular weight excluding hydrogens is 332 g/mol. The zero-order valence-electron chi connectivity index (χ0n) is 6.74. The van der Waals surface area contributed by atoms with Gasteiger partial charge in [0.05, 0.1) is 5.38 Å². The molecule has 0 unspecified atom stereocenters. The maximum Gasteiger partial charge on any atom is 0.222 e. The van der Waals surface area contributed by atoms with Gasteiger partial charge in [-0.3, -0.25) is 4.98 Å². The van der Waals surface area contributed by atoms with Crippen LogP contribution in [0.2, 0.25) is 0 Å². The summed E-state index contributed by atoms with van der Waals surface area (Å²) in [7, 11) is 0. The predicted octanol–water partition coefficient (Wildman–Crippen LogP) is 3.44. The maximum absolute atomic E-state index is 9.11. The van der Waals surface area contributed by atoms with Crippen molar-refractivity contribution in [2.45, 2.75) is 0 Å². The first-order chi connectivity index (χ1) is 6.66. The van der Waals surface area contributed by atoms with Gasteiger partial charge in [-0.05, 0) is 37.9 Å². The quantitative estimate of drug-likeness (QED) is 0.868. The summed E-state index contributed by atoms with van der Waals surface area (Å²) < 4.78 is 1.75. The van der Waals surface area contributed by atoms with Crippen LogP contribution < -0.4 is 0 Å². The van der Waals surface area contributed by atoms with E-state index >= 15 is 0 Å². The summed E-state index contributed by atoms with van der Waals surface area (Å²) >= 11 is 8.05. The number of rotatable bonds is 1. The molecule has 1 N–H and O–H groups in total. The largest absolute Gasteiger partial charge is 0.493 e. The molecule has 0 radical (unpaired) electrons. The molecule has 0 saturated heterocycles. The molecule has 2 rings (SSSR count). The standard InChI is InChI=1S/C8H4Br2N2OS/c9-4-1-5(10)7(11-2-4)8-12-6(13)3-14-8/h1-3,13H. The molecule has 0 aromatic carbocycles. The van der Waals surface area contributed by atoms with Gasteiger partial charge < -0.3 is 5.11 Å². The van der Waals surface area contributed by atoms with Crippen LogP contribution in [0.5, 0.6) is 5.88 Å². The van der Waals surface area contributed by atoms with Crippen LogP contribution in [0.4, 0.5) is 0 Å². The fourth-order valence-electron chi connectivity index (χ4n) is 0.946. The van der Waals surface area contributed by atoms with Crippen LogP contribution >= 0.6 is 43.2 Å². The van der Waals surface area contributed by atoms with Crippen molar-refractivity contribution in [3.05, 3.63) is 26.6 Å². The summed E-state index contributed by atoms with van der Waals surface area (Å²) in [6.07, 6.45) is 1.69. The SMILES string of the molecule is Oc1csc(-c2ncc(Br)cc2Br)n1. The van der Waals surface area contributed by atoms with Crippen molar-refractivity contribution in [2.24, 2.45) is 0 Å². The minimum absolute atomic E-state index is 0.0293. The van der Waals surface area contributed by atoms with Gasteiger partial charge in [-0.2, -0.15) is 0 Å². The fourth-order valence-corrected chi connectivity index (χ4v) is 2.94. The second-order valence-corrected chi connectivity index (χ2v) is 5.12. The molecular formula is C8H4Br2N2OS. The van der Waals surface area contributed by atoms with Gasteiger partial charge in [0, 0.05) is 15.1 Å². The smallest absolute Gasteiger partial charge is 0.222 e. The van der Waals surface area contributed by atoms with Crippen LogP contribution in [-0.4, -0.2) is 15.1 Å². The maximum atomic E-state index is 9.11. The summed E-state index contributed by atoms with van der Waals surface area (Å²) in [5.41, 5.74) is 0.735. The highest BCUT2D eigenvalue weighted by Gasteiger charge is 2.09. The van der Waals surface area contributed by atoms with Gasteiger partial charge >= 0.3 is 0 Å². The highest BCUT2D eigenvalue weighted by atomic mass is 79.9. The zero-order valence-corrected chi connectivity index (χ0v) is 10.7. The Morgan fingerprint density at radius 1 is 1.36 bits per heavy atom. The van der Waals surface area contributed by atoms with Gasteiger partial charge in [-0.25, -0.2) is 4.98 Å². The number of nitrogens with zero attached hydrogens (tertiary/aromatic N) is 2. The van der Waals surface area contributed by atoms with Crippen molar-refractivity contribution in [2.75, 3.05) is 0 Å². The molecule has 0 spiro atoms. The number of hydrogen-bond donors (Lipinski definition) is 1. The van der Waals surface area contributed by atoms with Gasteiger partial charge in [0.2, 0.25) is 5.88 Å². The molecule has 2 heterocycles. The second kappa shape index (κ2) is 3.96. The molecule has 0 amide bonds. The minimum Gasteiger partial charge on any atom is -0.493 e. The average Bonchev–Trinajstić information content (AvgIpc) is 2.51. The third kappa shape index (κ3) is 1.97. The Morgan fingerprint density at radius 3 is 2.71 bits per heavy atom. The van der Waals surface area contributed by atoms with E-state index in [2.05, 4.69) is 41.8 Å². The zero-order chi connectivity index (χ0) is 10.1. The Kier molecular flexibility index (Phi) is 2.85. The molecule has 0 fully saturated rings. The molecule has 6 heteroatoms. The van der Waals surface area contributed by atoms with Crippen LogP contribution in [0.15, 0.2) is 26.6 Å². The van der Waals surface area contributed by atoms with Crippen molar-refractivity contribution in [1.82, 2.24) is 9.97 Å². The summed E-state index contributed by atoms with van der Waals surface area (Å²) in [6, 6.07) is 1.89. The van der Waals surface area contributed by atoms with E-state index in [4.69, 9.17) is 5.11 Å². The van der Waals surface area contributed by atoms with Crippen LogP contribution in [0, 0.1) is 0 Å². The van der Waals surface area contributed by atoms with Crippen LogP contribution in [-0.2, 0) is 0 Å². The first-order valence-electron chi connectivity index (χ1n) is 3.63. The molecule has 3 nitrogen and oxygen atoms in total. The number of hydrogen-bond acceptors (Lipinski definition) is 4. The van der Waals surface area contributed by atoms with Gasteiger partial charge in [-0.1, -0.05) is 0 Å². The van der Waals surface area contributed by atoms with Crippen LogP contribution in [0.3, 0.4) is 0 Å². The topological polar surface area (TPSA) is 46.0 Å². The monoisotopic (exact) mass is 334 g/mol. The normalized spacial score (nSPS) is 10.4. The van der Waals surface area contributed by atoms with Crippen molar-refractivity contribution >= 4 is 43.2 Å². The van der Waals surface area contributed by atoms with Gasteiger partial charge in [0.1, 0.15) is 10.7 Å². The minimum atomic E-state index is 0.0293. The van der Waals surface area contributed by atoms with E-state index < -0.39 is 0 Å². The molecule has 2 aromatic heterocycles. The van der Waals surface area contributed by atoms with Crippen molar-refractivity contribution in [3.63, 3.8) is 0 Å². The van der Waals surface area contributed by atoms with E-state index in [1.807, 2.05) is 6.07 Å². The fraction of sp³-hybridized carbons (Fsp3) is 0. The molecule has 14 heavy (non-hydrogen) atoms. The van der Waals surface area contributed by atoms with E-state index in [-0.39, 0.29) is 5.88 Å². The van der Waals surface area contributed by atoms with E-state index in [0.717, 1.165) is 14.6 Å². The third-order valence-corrected chi connectivity index (χ3v) is 3.38. The van der Waals surface area contributed by atoms with E-state index in [0.29, 0.717) is 5.01 Å². The Balaban J connectivity index is 2.52. The molecule has 0 aliphatic carbocycles. The van der Waals surface area contributed by atoms with Gasteiger partial charge in [-0.15, -0.1) is 11.3 Å². The molecule has 0 aliphatic rings. The lowest BCUT2D eigenvalue weighted by molar-refractivity contribution is 0.458. The van der Waals surface area contributed by atoms with Crippen LogP contribution in [0.1, 0.15) is 0 Å². The van der Waals surface area contributed by atoms with Crippen molar-refractivity contribution in [1.29, 1.82) is 0 Å². The van der Waals surface area contributed by atoms with Gasteiger partial charge in [0.15, 0.2) is 0 Å². The summed E-state index contributed by atoms with van der Waals surface area (Å²) in [5, 5.41) is 11.4. The molecule has 0 bridgehead atoms. The lowest BCUT2D eigenvalue weighted by Gasteiger charge is -1.99. The number of pyridine rings is 1. The number of halogens is 2.